The van der Waals surface area contributed by atoms with E-state index in [2.05, 4.69) is 40.5 Å². The maximum Gasteiger partial charge on any atom is 0.412 e. The Kier molecular flexibility index (Phi) is 7.99. The highest BCUT2D eigenvalue weighted by Gasteiger charge is 2.34. The Labute approximate surface area is 210 Å². The van der Waals surface area contributed by atoms with Crippen molar-refractivity contribution < 1.29 is 23.6 Å². The summed E-state index contributed by atoms with van der Waals surface area (Å²) in [6, 6.07) is 16.2. The molecule has 2 aliphatic carbocycles. The number of ether oxygens (including phenoxy) is 1. The SMILES string of the molecule is Cc1noc(C#Cc2ccc3c(c2)CCCC3C2CC2)c1NC(=O)OC(C)c1ccccc1.O=C=O. The summed E-state index contributed by atoms with van der Waals surface area (Å²) in [4.78, 5) is 28.7. The summed E-state index contributed by atoms with van der Waals surface area (Å²) >= 11 is 0. The van der Waals surface area contributed by atoms with Gasteiger partial charge < -0.3 is 9.26 Å². The van der Waals surface area contributed by atoms with E-state index in [1.807, 2.05) is 37.3 Å². The summed E-state index contributed by atoms with van der Waals surface area (Å²) < 4.78 is 10.9. The lowest BCUT2D eigenvalue weighted by atomic mass is 9.79. The average molecular weight is 485 g/mol. The minimum atomic E-state index is -0.569. The third-order valence-electron chi connectivity index (χ3n) is 6.66. The Bertz CT molecular complexity index is 1310. The number of carbonyl (C=O) groups is 1. The predicted molar refractivity (Wildman–Crippen MR) is 132 cm³/mol. The van der Waals surface area contributed by atoms with Crippen LogP contribution in [0.5, 0.6) is 0 Å². The second kappa shape index (κ2) is 11.5. The maximum absolute atomic E-state index is 12.5. The number of fused-ring (bicyclic) bond motifs is 1. The van der Waals surface area contributed by atoms with E-state index in [9.17, 15) is 4.79 Å². The van der Waals surface area contributed by atoms with E-state index in [-0.39, 0.29) is 12.3 Å². The molecule has 1 N–H and O–H groups in total. The molecular weight excluding hydrogens is 456 g/mol. The van der Waals surface area contributed by atoms with Gasteiger partial charge in [0, 0.05) is 5.56 Å². The minimum absolute atomic E-state index is 0.250. The van der Waals surface area contributed by atoms with E-state index in [0.717, 1.165) is 29.4 Å². The number of amides is 1. The van der Waals surface area contributed by atoms with Gasteiger partial charge in [-0.2, -0.15) is 9.59 Å². The number of aryl methyl sites for hydroxylation is 2. The van der Waals surface area contributed by atoms with Gasteiger partial charge in [0.2, 0.25) is 5.76 Å². The normalized spacial score (nSPS) is 16.7. The van der Waals surface area contributed by atoms with Crippen LogP contribution in [-0.2, 0) is 20.7 Å². The molecule has 2 aliphatic rings. The van der Waals surface area contributed by atoms with Gasteiger partial charge in [-0.15, -0.1) is 0 Å². The summed E-state index contributed by atoms with van der Waals surface area (Å²) in [7, 11) is 0. The number of nitrogens with zero attached hydrogens (tertiary/aromatic N) is 1. The zero-order valence-corrected chi connectivity index (χ0v) is 20.4. The van der Waals surface area contributed by atoms with Gasteiger partial charge in [0.25, 0.3) is 0 Å². The lowest BCUT2D eigenvalue weighted by molar-refractivity contribution is -0.191. The predicted octanol–water partition coefficient (Wildman–Crippen LogP) is 5.94. The Morgan fingerprint density at radius 3 is 2.58 bits per heavy atom. The van der Waals surface area contributed by atoms with Crippen molar-refractivity contribution in [1.82, 2.24) is 5.16 Å². The molecule has 1 heterocycles. The van der Waals surface area contributed by atoms with Crippen LogP contribution in [0.3, 0.4) is 0 Å². The number of nitrogens with one attached hydrogen (secondary N) is 1. The van der Waals surface area contributed by atoms with Crippen molar-refractivity contribution >= 4 is 17.9 Å². The fraction of sp³-hybridized carbons (Fsp3) is 0.345. The van der Waals surface area contributed by atoms with Crippen LogP contribution < -0.4 is 5.32 Å². The van der Waals surface area contributed by atoms with Crippen LogP contribution in [0.2, 0.25) is 0 Å². The molecular formula is C29H28N2O5. The maximum atomic E-state index is 12.5. The number of rotatable bonds is 4. The highest BCUT2D eigenvalue weighted by molar-refractivity contribution is 5.87. The summed E-state index contributed by atoms with van der Waals surface area (Å²) in [5.41, 5.74) is 5.82. The molecule has 1 fully saturated rings. The first-order valence-electron chi connectivity index (χ1n) is 12.1. The number of aromatic nitrogens is 1. The third-order valence-corrected chi connectivity index (χ3v) is 6.66. The molecule has 0 aliphatic heterocycles. The first kappa shape index (κ1) is 25.0. The van der Waals surface area contributed by atoms with Crippen LogP contribution in [0.25, 0.3) is 0 Å². The van der Waals surface area contributed by atoms with Gasteiger partial charge in [-0.3, -0.25) is 5.32 Å². The molecule has 7 nitrogen and oxygen atoms in total. The van der Waals surface area contributed by atoms with Crippen molar-refractivity contribution in [1.29, 1.82) is 0 Å². The molecule has 0 spiro atoms. The van der Waals surface area contributed by atoms with Gasteiger partial charge in [0.05, 0.1) is 0 Å². The van der Waals surface area contributed by atoms with Crippen LogP contribution in [0.4, 0.5) is 10.5 Å². The van der Waals surface area contributed by atoms with Crippen LogP contribution in [-0.4, -0.2) is 17.4 Å². The van der Waals surface area contributed by atoms with E-state index in [0.29, 0.717) is 17.1 Å². The van der Waals surface area contributed by atoms with Crippen LogP contribution in [0.15, 0.2) is 53.1 Å². The van der Waals surface area contributed by atoms with E-state index < -0.39 is 6.09 Å². The van der Waals surface area contributed by atoms with Gasteiger partial charge in [0.1, 0.15) is 17.5 Å². The van der Waals surface area contributed by atoms with E-state index in [1.165, 1.54) is 36.8 Å². The molecule has 2 aromatic carbocycles. The minimum Gasteiger partial charge on any atom is -0.441 e. The Morgan fingerprint density at radius 1 is 1.11 bits per heavy atom. The highest BCUT2D eigenvalue weighted by Crippen LogP contribution is 2.48. The molecule has 184 valence electrons. The number of hydrogen-bond donors (Lipinski definition) is 1. The first-order valence-corrected chi connectivity index (χ1v) is 12.1. The number of anilines is 1. The quantitative estimate of drug-likeness (QED) is 0.460. The highest BCUT2D eigenvalue weighted by atomic mass is 16.6. The first-order chi connectivity index (χ1) is 17.5. The molecule has 36 heavy (non-hydrogen) atoms. The van der Waals surface area contributed by atoms with Crippen molar-refractivity contribution in [2.45, 2.75) is 58.0 Å². The number of carbonyl (C=O) groups excluding carboxylic acids is 3. The van der Waals surface area contributed by atoms with Gasteiger partial charge in [0.15, 0.2) is 0 Å². The van der Waals surface area contributed by atoms with Crippen LogP contribution in [0.1, 0.15) is 78.3 Å². The zero-order chi connectivity index (χ0) is 25.5. The van der Waals surface area contributed by atoms with E-state index >= 15 is 0 Å². The van der Waals surface area contributed by atoms with Crippen molar-refractivity contribution in [2.75, 3.05) is 5.32 Å². The molecule has 0 radical (unpaired) electrons. The summed E-state index contributed by atoms with van der Waals surface area (Å²) in [6.07, 6.45) is 5.74. The van der Waals surface area contributed by atoms with Crippen molar-refractivity contribution in [3.63, 3.8) is 0 Å². The molecule has 2 unspecified atom stereocenters. The number of hydrogen-bond acceptors (Lipinski definition) is 6. The molecule has 1 aromatic heterocycles. The largest absolute Gasteiger partial charge is 0.441 e. The smallest absolute Gasteiger partial charge is 0.412 e. The molecule has 7 heteroatoms. The van der Waals surface area contributed by atoms with E-state index in [4.69, 9.17) is 18.8 Å². The topological polar surface area (TPSA) is 98.5 Å². The molecule has 2 atom stereocenters. The van der Waals surface area contributed by atoms with Crippen LogP contribution in [0, 0.1) is 24.7 Å². The molecule has 5 rings (SSSR count). The molecule has 1 amide bonds. The second-order valence-corrected chi connectivity index (χ2v) is 9.14. The van der Waals surface area contributed by atoms with Gasteiger partial charge >= 0.3 is 12.2 Å². The zero-order valence-electron chi connectivity index (χ0n) is 20.4. The Hall–Kier alpha value is -4.14. The molecule has 0 saturated heterocycles. The van der Waals surface area contributed by atoms with Crippen molar-refractivity contribution in [2.24, 2.45) is 5.92 Å². The summed E-state index contributed by atoms with van der Waals surface area (Å²) in [5, 5.41) is 6.73. The van der Waals surface area contributed by atoms with Crippen LogP contribution >= 0.6 is 0 Å². The Morgan fingerprint density at radius 2 is 1.86 bits per heavy atom. The van der Waals surface area contributed by atoms with Gasteiger partial charge in [-0.1, -0.05) is 47.5 Å². The van der Waals surface area contributed by atoms with Crippen molar-refractivity contribution in [3.05, 3.63) is 82.2 Å². The lowest BCUT2D eigenvalue weighted by Gasteiger charge is -2.25. The fourth-order valence-corrected chi connectivity index (χ4v) is 4.73. The van der Waals surface area contributed by atoms with Gasteiger partial charge in [-0.25, -0.2) is 4.79 Å². The number of benzene rings is 2. The molecule has 3 aromatic rings. The lowest BCUT2D eigenvalue weighted by Crippen LogP contribution is -2.16. The fourth-order valence-electron chi connectivity index (χ4n) is 4.73. The second-order valence-electron chi connectivity index (χ2n) is 9.14. The summed E-state index contributed by atoms with van der Waals surface area (Å²) in [6.45, 7) is 3.60. The van der Waals surface area contributed by atoms with Crippen molar-refractivity contribution in [3.8, 4) is 11.8 Å². The monoisotopic (exact) mass is 484 g/mol. The molecule has 0 bridgehead atoms. The Balaban J connectivity index is 0.000000967. The summed E-state index contributed by atoms with van der Waals surface area (Å²) in [5.74, 6) is 8.17. The third kappa shape index (κ3) is 6.10. The standard InChI is InChI=1S/C28H28N2O3.CO2/c1-18-27(29-28(31)32-19(2)21-7-4-3-5-8-21)26(33-30-18)16-12-20-11-15-25-23(17-20)9-6-10-24(25)22-13-14-22;2-1-3/h3-5,7-8,11,15,17,19,22,24H,6,9-10,13-14H2,1-2H3,(H,29,31);. The average Bonchev–Trinajstić information content (AvgIpc) is 3.68. The van der Waals surface area contributed by atoms with Gasteiger partial charge in [-0.05, 0) is 92.5 Å². The molecule has 1 saturated carbocycles. The van der Waals surface area contributed by atoms with E-state index in [1.54, 1.807) is 6.92 Å².